The predicted molar refractivity (Wildman–Crippen MR) is 59.9 cm³/mol. The van der Waals surface area contributed by atoms with Gasteiger partial charge in [-0.1, -0.05) is 11.8 Å². The van der Waals surface area contributed by atoms with Gasteiger partial charge in [0.2, 0.25) is 0 Å². The van der Waals surface area contributed by atoms with E-state index in [0.29, 0.717) is 0 Å². The molecule has 0 saturated heterocycles. The summed E-state index contributed by atoms with van der Waals surface area (Å²) in [4.78, 5) is 13.0. The number of nitrogens with zero attached hydrogens (tertiary/aromatic N) is 4. The fraction of sp³-hybridized carbons (Fsp3) is 0.375. The van der Waals surface area contributed by atoms with Gasteiger partial charge < -0.3 is 4.57 Å². The third-order valence-electron chi connectivity index (χ3n) is 1.89. The summed E-state index contributed by atoms with van der Waals surface area (Å²) in [6.45, 7) is 0. The zero-order valence-electron chi connectivity index (χ0n) is 8.18. The predicted octanol–water partition coefficient (Wildman–Crippen LogP) is 1.81. The van der Waals surface area contributed by atoms with Crippen LogP contribution in [-0.4, -0.2) is 32.0 Å². The normalized spacial score (nSPS) is 11.1. The number of fused-ring (bicyclic) bond motifs is 1. The van der Waals surface area contributed by atoms with Gasteiger partial charge in [-0.3, -0.25) is 0 Å². The van der Waals surface area contributed by atoms with Gasteiger partial charge in [0.25, 0.3) is 0 Å². The fourth-order valence-corrected chi connectivity index (χ4v) is 2.26. The monoisotopic (exact) mass is 226 g/mol. The van der Waals surface area contributed by atoms with Crippen LogP contribution in [0.3, 0.4) is 0 Å². The average molecular weight is 226 g/mol. The van der Waals surface area contributed by atoms with Crippen LogP contribution >= 0.6 is 23.5 Å². The molecule has 2 aromatic rings. The van der Waals surface area contributed by atoms with Crippen LogP contribution in [0.4, 0.5) is 0 Å². The highest BCUT2D eigenvalue weighted by Crippen LogP contribution is 2.24. The van der Waals surface area contributed by atoms with Gasteiger partial charge in [0.15, 0.2) is 10.8 Å². The Morgan fingerprint density at radius 1 is 1.21 bits per heavy atom. The van der Waals surface area contributed by atoms with Crippen LogP contribution in [0, 0.1) is 0 Å². The highest BCUT2D eigenvalue weighted by Gasteiger charge is 2.10. The molecule has 0 spiro atoms. The van der Waals surface area contributed by atoms with Crippen molar-refractivity contribution < 1.29 is 0 Å². The Hall–Kier alpha value is -0.750. The van der Waals surface area contributed by atoms with Gasteiger partial charge in [0, 0.05) is 7.05 Å². The molecule has 0 unspecified atom stereocenters. The van der Waals surface area contributed by atoms with E-state index in [4.69, 9.17) is 0 Å². The van der Waals surface area contributed by atoms with Crippen LogP contribution in [0.5, 0.6) is 0 Å². The molecule has 0 aromatic carbocycles. The van der Waals surface area contributed by atoms with Crippen molar-refractivity contribution in [2.24, 2.45) is 7.05 Å². The first-order chi connectivity index (χ1) is 6.76. The maximum atomic E-state index is 4.42. The molecule has 0 bridgehead atoms. The number of aryl methyl sites for hydroxylation is 1. The van der Waals surface area contributed by atoms with E-state index in [2.05, 4.69) is 15.0 Å². The lowest BCUT2D eigenvalue weighted by atomic mass is 10.5. The third kappa shape index (κ3) is 1.48. The second-order valence-electron chi connectivity index (χ2n) is 2.75. The summed E-state index contributed by atoms with van der Waals surface area (Å²) < 4.78 is 1.95. The summed E-state index contributed by atoms with van der Waals surface area (Å²) in [5.41, 5.74) is 1.78. The van der Waals surface area contributed by atoms with Crippen LogP contribution in [0.25, 0.3) is 11.2 Å². The molecule has 2 rings (SSSR count). The molecular weight excluding hydrogens is 216 g/mol. The van der Waals surface area contributed by atoms with Gasteiger partial charge in [-0.25, -0.2) is 15.0 Å². The Morgan fingerprint density at radius 2 is 2.00 bits per heavy atom. The van der Waals surface area contributed by atoms with Gasteiger partial charge in [-0.2, -0.15) is 0 Å². The van der Waals surface area contributed by atoms with E-state index < -0.39 is 0 Å². The third-order valence-corrected chi connectivity index (χ3v) is 3.11. The molecule has 0 aliphatic heterocycles. The Morgan fingerprint density at radius 3 is 2.64 bits per heavy atom. The first-order valence-electron chi connectivity index (χ1n) is 4.03. The Kier molecular flexibility index (Phi) is 2.64. The highest BCUT2D eigenvalue weighted by atomic mass is 32.2. The lowest BCUT2D eigenvalue weighted by Gasteiger charge is -2.02. The summed E-state index contributed by atoms with van der Waals surface area (Å²) in [7, 11) is 1.96. The Labute approximate surface area is 90.5 Å². The second kappa shape index (κ2) is 3.78. The van der Waals surface area contributed by atoms with Crippen molar-refractivity contribution >= 4 is 34.7 Å². The van der Waals surface area contributed by atoms with Crippen LogP contribution in [0.15, 0.2) is 16.5 Å². The minimum atomic E-state index is 0.774. The van der Waals surface area contributed by atoms with E-state index in [9.17, 15) is 0 Å². The van der Waals surface area contributed by atoms with Crippen molar-refractivity contribution in [3.8, 4) is 0 Å². The highest BCUT2D eigenvalue weighted by molar-refractivity contribution is 7.99. The molecule has 14 heavy (non-hydrogen) atoms. The second-order valence-corrected chi connectivity index (χ2v) is 4.32. The van der Waals surface area contributed by atoms with Crippen molar-refractivity contribution in [2.75, 3.05) is 12.5 Å². The average Bonchev–Trinajstić information content (AvgIpc) is 2.59. The molecule has 0 fully saturated rings. The van der Waals surface area contributed by atoms with Crippen LogP contribution in [0.2, 0.25) is 0 Å². The van der Waals surface area contributed by atoms with Crippen molar-refractivity contribution in [3.63, 3.8) is 0 Å². The maximum Gasteiger partial charge on any atom is 0.190 e. The van der Waals surface area contributed by atoms with Gasteiger partial charge in [-0.05, 0) is 12.5 Å². The minimum Gasteiger partial charge on any atom is -0.330 e. The van der Waals surface area contributed by atoms with E-state index in [1.165, 1.54) is 11.8 Å². The summed E-state index contributed by atoms with van der Waals surface area (Å²) in [5.74, 6) is 0. The number of imidazole rings is 1. The molecule has 0 amide bonds. The van der Waals surface area contributed by atoms with Gasteiger partial charge >= 0.3 is 0 Å². The summed E-state index contributed by atoms with van der Waals surface area (Å²) in [6, 6.07) is 0. The molecule has 0 radical (unpaired) electrons. The SMILES string of the molecule is CSc1nc(SC)c2c(ncn2C)n1. The topological polar surface area (TPSA) is 43.6 Å². The fourth-order valence-electron chi connectivity index (χ4n) is 1.24. The maximum absolute atomic E-state index is 4.42. The largest absolute Gasteiger partial charge is 0.330 e. The van der Waals surface area contributed by atoms with Crippen molar-refractivity contribution in [2.45, 2.75) is 10.2 Å². The smallest absolute Gasteiger partial charge is 0.190 e. The standard InChI is InChI=1S/C8H10N4S2/c1-12-4-9-6-5(12)7(13-2)11-8(10-6)14-3/h4H,1-3H3. The zero-order chi connectivity index (χ0) is 10.1. The Balaban J connectivity index is 2.76. The van der Waals surface area contributed by atoms with Crippen molar-refractivity contribution in [1.82, 2.24) is 19.5 Å². The van der Waals surface area contributed by atoms with Crippen LogP contribution < -0.4 is 0 Å². The number of rotatable bonds is 2. The van der Waals surface area contributed by atoms with Gasteiger partial charge in [-0.15, -0.1) is 11.8 Å². The molecule has 0 N–H and O–H groups in total. The van der Waals surface area contributed by atoms with E-state index in [0.717, 1.165) is 21.3 Å². The van der Waals surface area contributed by atoms with Crippen molar-refractivity contribution in [1.29, 1.82) is 0 Å². The molecular formula is C8H10N4S2. The lowest BCUT2D eigenvalue weighted by Crippen LogP contribution is -1.94. The summed E-state index contributed by atoms with van der Waals surface area (Å²) in [6.07, 6.45) is 5.75. The molecule has 0 atom stereocenters. The number of hydrogen-bond acceptors (Lipinski definition) is 5. The van der Waals surface area contributed by atoms with Crippen LogP contribution in [-0.2, 0) is 7.05 Å². The van der Waals surface area contributed by atoms with E-state index in [1.807, 2.05) is 24.1 Å². The molecule has 4 nitrogen and oxygen atoms in total. The summed E-state index contributed by atoms with van der Waals surface area (Å²) >= 11 is 3.16. The quantitative estimate of drug-likeness (QED) is 0.444. The van der Waals surface area contributed by atoms with E-state index in [1.54, 1.807) is 18.1 Å². The number of thioether (sulfide) groups is 2. The molecule has 0 aliphatic rings. The molecule has 74 valence electrons. The van der Waals surface area contributed by atoms with Gasteiger partial charge in [0.05, 0.1) is 6.33 Å². The first-order valence-corrected chi connectivity index (χ1v) is 6.48. The first kappa shape index (κ1) is 9.79. The summed E-state index contributed by atoms with van der Waals surface area (Å²) in [5, 5.41) is 1.76. The Bertz CT molecular complexity index is 466. The molecule has 0 saturated carbocycles. The lowest BCUT2D eigenvalue weighted by molar-refractivity contribution is 0.889. The molecule has 0 aliphatic carbocycles. The van der Waals surface area contributed by atoms with Crippen molar-refractivity contribution in [3.05, 3.63) is 6.33 Å². The zero-order valence-corrected chi connectivity index (χ0v) is 9.82. The van der Waals surface area contributed by atoms with Crippen LogP contribution in [0.1, 0.15) is 0 Å². The van der Waals surface area contributed by atoms with Gasteiger partial charge in [0.1, 0.15) is 10.5 Å². The minimum absolute atomic E-state index is 0.774. The van der Waals surface area contributed by atoms with E-state index in [-0.39, 0.29) is 0 Å². The molecule has 2 aromatic heterocycles. The number of aromatic nitrogens is 4. The number of hydrogen-bond donors (Lipinski definition) is 0. The van der Waals surface area contributed by atoms with E-state index >= 15 is 0 Å². The molecule has 6 heteroatoms. The molecule has 2 heterocycles.